The Morgan fingerprint density at radius 3 is 2.70 bits per heavy atom. The van der Waals surface area contributed by atoms with Gasteiger partial charge in [0.25, 0.3) is 0 Å². The average Bonchev–Trinajstić information content (AvgIpc) is 3.54. The summed E-state index contributed by atoms with van der Waals surface area (Å²) in [5, 5.41) is 14.8. The molecule has 8 heteroatoms. The molecule has 2 aliphatic rings. The van der Waals surface area contributed by atoms with Crippen LogP contribution in [0.1, 0.15) is 24.0 Å². The van der Waals surface area contributed by atoms with Gasteiger partial charge in [0.1, 0.15) is 0 Å². The van der Waals surface area contributed by atoms with E-state index in [0.717, 1.165) is 31.5 Å². The molecule has 1 aromatic heterocycles. The van der Waals surface area contributed by atoms with Gasteiger partial charge >= 0.3 is 6.03 Å². The Morgan fingerprint density at radius 1 is 1.21 bits per heavy atom. The van der Waals surface area contributed by atoms with E-state index in [0.29, 0.717) is 11.3 Å². The van der Waals surface area contributed by atoms with Crippen molar-refractivity contribution in [3.05, 3.63) is 78.4 Å². The Balaban J connectivity index is 0.000000459. The second-order valence-corrected chi connectivity index (χ2v) is 8.17. The van der Waals surface area contributed by atoms with Gasteiger partial charge in [0.2, 0.25) is 0 Å². The molecule has 2 aliphatic heterocycles. The van der Waals surface area contributed by atoms with Gasteiger partial charge in [-0.3, -0.25) is 9.89 Å². The smallest absolute Gasteiger partial charge is 0.319 e. The number of H-pyrrole nitrogens is 1. The van der Waals surface area contributed by atoms with Gasteiger partial charge in [-0.2, -0.15) is 5.26 Å². The van der Waals surface area contributed by atoms with Gasteiger partial charge < -0.3 is 15.6 Å². The normalized spacial score (nSPS) is 19.3. The molecule has 0 radical (unpaired) electrons. The van der Waals surface area contributed by atoms with Gasteiger partial charge in [-0.25, -0.2) is 9.78 Å². The number of nitrogens with zero attached hydrogens (tertiary/aromatic N) is 4. The van der Waals surface area contributed by atoms with Crippen LogP contribution in [0.2, 0.25) is 0 Å². The van der Waals surface area contributed by atoms with Crippen LogP contribution in [-0.4, -0.2) is 52.3 Å². The predicted octanol–water partition coefficient (Wildman–Crippen LogP) is 3.88. The van der Waals surface area contributed by atoms with Crippen molar-refractivity contribution in [2.75, 3.05) is 18.9 Å². The topological polar surface area (TPSA) is 109 Å². The molecule has 168 valence electrons. The zero-order valence-electron chi connectivity index (χ0n) is 18.5. The highest BCUT2D eigenvalue weighted by atomic mass is 16.2. The summed E-state index contributed by atoms with van der Waals surface area (Å²) in [5.41, 5.74) is 4.78. The molecule has 2 atom stereocenters. The molecule has 2 aromatic carbocycles. The molecule has 3 heterocycles. The van der Waals surface area contributed by atoms with E-state index in [1.54, 1.807) is 43.0 Å². The first-order valence-electron chi connectivity index (χ1n) is 11.0. The minimum Gasteiger partial charge on any atom is -0.351 e. The fraction of sp³-hybridized carbons (Fsp3) is 0.280. The first-order valence-corrected chi connectivity index (χ1v) is 11.0. The average molecular weight is 442 g/mol. The molecular weight excluding hydrogens is 414 g/mol. The van der Waals surface area contributed by atoms with Crippen LogP contribution in [0.3, 0.4) is 0 Å². The van der Waals surface area contributed by atoms with Crippen molar-refractivity contribution < 1.29 is 4.79 Å². The van der Waals surface area contributed by atoms with Crippen molar-refractivity contribution in [1.82, 2.24) is 20.2 Å². The van der Waals surface area contributed by atoms with E-state index in [1.807, 2.05) is 6.07 Å². The number of para-hydroxylation sites is 1. The van der Waals surface area contributed by atoms with E-state index in [9.17, 15) is 4.79 Å². The standard InChI is InChI=1S/C22H23N5O.C3H4N2/c1-27-11-10-18(25-22(28)24-17-8-6-15(14-23)7-9-17)13-21(27)20-12-16-4-2-3-5-19(16)26-20;1-2-5-3-4-1/h2-9,18,21H,10-13H2,1H3,(H2,24,25,28);1-3H,(H,4,5)/t18-,21-;/m1./s1. The number of imidazole rings is 1. The monoisotopic (exact) mass is 441 g/mol. The first-order chi connectivity index (χ1) is 16.1. The second kappa shape index (κ2) is 10.6. The number of fused-ring (bicyclic) bond motifs is 1. The largest absolute Gasteiger partial charge is 0.351 e. The fourth-order valence-corrected chi connectivity index (χ4v) is 4.15. The number of aliphatic imine (C=N–C) groups is 1. The van der Waals surface area contributed by atoms with Crippen LogP contribution >= 0.6 is 0 Å². The number of aromatic amines is 1. The third-order valence-electron chi connectivity index (χ3n) is 5.89. The number of nitriles is 1. The summed E-state index contributed by atoms with van der Waals surface area (Å²) < 4.78 is 0. The molecule has 0 saturated carbocycles. The Kier molecular flexibility index (Phi) is 7.12. The number of hydrogen-bond donors (Lipinski definition) is 3. The number of hydrogen-bond acceptors (Lipinski definition) is 5. The summed E-state index contributed by atoms with van der Waals surface area (Å²) in [4.78, 5) is 26.0. The highest BCUT2D eigenvalue weighted by Gasteiger charge is 2.32. The summed E-state index contributed by atoms with van der Waals surface area (Å²) >= 11 is 0. The Morgan fingerprint density at radius 2 is 2.03 bits per heavy atom. The Bertz CT molecular complexity index is 1120. The fourth-order valence-electron chi connectivity index (χ4n) is 4.15. The quantitative estimate of drug-likeness (QED) is 0.573. The summed E-state index contributed by atoms with van der Waals surface area (Å²) in [6.07, 6.45) is 7.73. The van der Waals surface area contributed by atoms with E-state index < -0.39 is 0 Å². The van der Waals surface area contributed by atoms with Crippen molar-refractivity contribution >= 4 is 23.1 Å². The SMILES string of the molecule is CN1CC[C@@H](NC(=O)Nc2ccc(C#N)cc2)C[C@@H]1C1=Nc2ccccc2C1.c1c[nH]cn1. The molecule has 2 amide bonds. The van der Waals surface area contributed by atoms with E-state index in [2.05, 4.69) is 56.8 Å². The van der Waals surface area contributed by atoms with Crippen LogP contribution in [0.5, 0.6) is 0 Å². The van der Waals surface area contributed by atoms with E-state index in [1.165, 1.54) is 11.3 Å². The van der Waals surface area contributed by atoms with Gasteiger partial charge in [0, 0.05) is 42.8 Å². The molecule has 5 rings (SSSR count). The molecular formula is C25H27N7O. The van der Waals surface area contributed by atoms with Gasteiger partial charge in [0.15, 0.2) is 0 Å². The van der Waals surface area contributed by atoms with Crippen LogP contribution in [0, 0.1) is 11.3 Å². The molecule has 3 aromatic rings. The molecule has 8 nitrogen and oxygen atoms in total. The summed E-state index contributed by atoms with van der Waals surface area (Å²) in [5.74, 6) is 0. The van der Waals surface area contributed by atoms with Crippen LogP contribution in [0.15, 0.2) is 72.2 Å². The third-order valence-corrected chi connectivity index (χ3v) is 5.89. The third kappa shape index (κ3) is 5.84. The van der Waals surface area contributed by atoms with Crippen molar-refractivity contribution in [3.8, 4) is 6.07 Å². The van der Waals surface area contributed by atoms with E-state index in [-0.39, 0.29) is 18.1 Å². The summed E-state index contributed by atoms with van der Waals surface area (Å²) in [6.45, 7) is 0.918. The van der Waals surface area contributed by atoms with Crippen molar-refractivity contribution in [1.29, 1.82) is 5.26 Å². The number of aromatic nitrogens is 2. The number of benzene rings is 2. The highest BCUT2D eigenvalue weighted by molar-refractivity contribution is 5.98. The lowest BCUT2D eigenvalue weighted by atomic mass is 9.92. The molecule has 0 aliphatic carbocycles. The first kappa shape index (κ1) is 22.2. The number of likely N-dealkylation sites (tertiary alicyclic amines) is 1. The van der Waals surface area contributed by atoms with Gasteiger partial charge in [-0.05, 0) is 55.8 Å². The van der Waals surface area contributed by atoms with Crippen molar-refractivity contribution in [3.63, 3.8) is 0 Å². The second-order valence-electron chi connectivity index (χ2n) is 8.17. The van der Waals surface area contributed by atoms with Crippen LogP contribution < -0.4 is 10.6 Å². The lowest BCUT2D eigenvalue weighted by Crippen LogP contribution is -2.52. The number of nitrogens with one attached hydrogen (secondary N) is 3. The van der Waals surface area contributed by atoms with Crippen molar-refractivity contribution in [2.45, 2.75) is 31.3 Å². The molecule has 0 unspecified atom stereocenters. The van der Waals surface area contributed by atoms with Crippen LogP contribution in [0.4, 0.5) is 16.2 Å². The molecule has 1 fully saturated rings. The van der Waals surface area contributed by atoms with Gasteiger partial charge in [-0.15, -0.1) is 0 Å². The number of amides is 2. The maximum absolute atomic E-state index is 12.4. The minimum absolute atomic E-state index is 0.103. The lowest BCUT2D eigenvalue weighted by Gasteiger charge is -2.37. The van der Waals surface area contributed by atoms with Gasteiger partial charge in [0.05, 0.1) is 29.7 Å². The molecule has 3 N–H and O–H groups in total. The minimum atomic E-state index is -0.213. The Hall–Kier alpha value is -3.96. The lowest BCUT2D eigenvalue weighted by molar-refractivity contribution is 0.196. The molecule has 0 spiro atoms. The zero-order chi connectivity index (χ0) is 23.0. The van der Waals surface area contributed by atoms with Crippen LogP contribution in [0.25, 0.3) is 0 Å². The maximum atomic E-state index is 12.4. The number of urea groups is 1. The number of piperidine rings is 1. The number of carbonyl (C=O) groups excluding carboxylic acids is 1. The molecule has 33 heavy (non-hydrogen) atoms. The highest BCUT2D eigenvalue weighted by Crippen LogP contribution is 2.30. The van der Waals surface area contributed by atoms with Crippen molar-refractivity contribution in [2.24, 2.45) is 4.99 Å². The summed E-state index contributed by atoms with van der Waals surface area (Å²) in [6, 6.07) is 17.3. The molecule has 1 saturated heterocycles. The number of anilines is 1. The zero-order valence-corrected chi connectivity index (χ0v) is 18.5. The number of rotatable bonds is 3. The Labute approximate surface area is 193 Å². The van der Waals surface area contributed by atoms with E-state index in [4.69, 9.17) is 10.3 Å². The van der Waals surface area contributed by atoms with Gasteiger partial charge in [-0.1, -0.05) is 18.2 Å². The van der Waals surface area contributed by atoms with E-state index >= 15 is 0 Å². The van der Waals surface area contributed by atoms with Crippen LogP contribution in [-0.2, 0) is 6.42 Å². The summed E-state index contributed by atoms with van der Waals surface area (Å²) in [7, 11) is 2.13. The maximum Gasteiger partial charge on any atom is 0.319 e. The number of carbonyl (C=O) groups is 1. The molecule has 0 bridgehead atoms. The predicted molar refractivity (Wildman–Crippen MR) is 129 cm³/mol.